The zero-order valence-corrected chi connectivity index (χ0v) is 8.95. The summed E-state index contributed by atoms with van der Waals surface area (Å²) in [5.74, 6) is -1.55. The summed E-state index contributed by atoms with van der Waals surface area (Å²) in [6.07, 6.45) is 0. The quantitative estimate of drug-likeness (QED) is 0.552. The van der Waals surface area contributed by atoms with Gasteiger partial charge in [-0.05, 0) is 0 Å². The SMILES string of the molecule is CC(=O)N[C@@H](CS[C@H](C#N)CO)C(=O)O. The van der Waals surface area contributed by atoms with Crippen LogP contribution in [0.15, 0.2) is 0 Å². The fraction of sp³-hybridized carbons (Fsp3) is 0.625. The Hall–Kier alpha value is -1.26. The molecule has 0 bridgehead atoms. The van der Waals surface area contributed by atoms with Gasteiger partial charge in [-0.15, -0.1) is 11.8 Å². The minimum atomic E-state index is -1.16. The molecule has 1 amide bonds. The number of carboxylic acids is 1. The minimum absolute atomic E-state index is 0.0493. The van der Waals surface area contributed by atoms with Gasteiger partial charge in [0.1, 0.15) is 11.3 Å². The third-order valence-electron chi connectivity index (χ3n) is 1.45. The Labute approximate surface area is 91.3 Å². The van der Waals surface area contributed by atoms with Crippen molar-refractivity contribution in [1.29, 1.82) is 5.26 Å². The van der Waals surface area contributed by atoms with Gasteiger partial charge in [0.25, 0.3) is 0 Å². The molecule has 0 rings (SSSR count). The van der Waals surface area contributed by atoms with E-state index in [0.29, 0.717) is 0 Å². The lowest BCUT2D eigenvalue weighted by molar-refractivity contribution is -0.140. The number of nitrogens with one attached hydrogen (secondary N) is 1. The Morgan fingerprint density at radius 1 is 1.60 bits per heavy atom. The van der Waals surface area contributed by atoms with E-state index in [1.165, 1.54) is 6.92 Å². The van der Waals surface area contributed by atoms with Crippen molar-refractivity contribution in [1.82, 2.24) is 5.32 Å². The number of nitrogens with zero attached hydrogens (tertiary/aromatic N) is 1. The van der Waals surface area contributed by atoms with Crippen molar-refractivity contribution >= 4 is 23.6 Å². The predicted molar refractivity (Wildman–Crippen MR) is 54.2 cm³/mol. The zero-order chi connectivity index (χ0) is 11.8. The molecule has 0 spiro atoms. The molecule has 6 nitrogen and oxygen atoms in total. The average Bonchev–Trinajstić information content (AvgIpc) is 2.16. The number of carbonyl (C=O) groups excluding carboxylic acids is 1. The smallest absolute Gasteiger partial charge is 0.327 e. The summed E-state index contributed by atoms with van der Waals surface area (Å²) < 4.78 is 0. The molecular weight excluding hydrogens is 220 g/mol. The highest BCUT2D eigenvalue weighted by atomic mass is 32.2. The number of hydrogen-bond acceptors (Lipinski definition) is 5. The maximum absolute atomic E-state index is 10.7. The van der Waals surface area contributed by atoms with Gasteiger partial charge in [-0.3, -0.25) is 4.79 Å². The Balaban J connectivity index is 4.13. The number of aliphatic hydroxyl groups is 1. The van der Waals surface area contributed by atoms with E-state index in [0.717, 1.165) is 11.8 Å². The second-order valence-corrected chi connectivity index (χ2v) is 3.96. The first-order valence-electron chi connectivity index (χ1n) is 4.13. The maximum Gasteiger partial charge on any atom is 0.327 e. The van der Waals surface area contributed by atoms with E-state index in [1.54, 1.807) is 6.07 Å². The first-order chi connectivity index (χ1) is 7.01. The molecule has 0 radical (unpaired) electrons. The molecule has 0 aromatic heterocycles. The van der Waals surface area contributed by atoms with Crippen LogP contribution in [-0.4, -0.2) is 45.7 Å². The maximum atomic E-state index is 10.7. The highest BCUT2D eigenvalue weighted by Crippen LogP contribution is 2.11. The highest BCUT2D eigenvalue weighted by Gasteiger charge is 2.20. The molecule has 2 atom stereocenters. The number of hydrogen-bond donors (Lipinski definition) is 3. The standard InChI is InChI=1S/C8H12N2O4S/c1-5(12)10-7(8(13)14)4-15-6(2-9)3-11/h6-7,11H,3-4H2,1H3,(H,10,12)(H,13,14)/t6-,7+/m1/s1. The topological polar surface area (TPSA) is 110 Å². The van der Waals surface area contributed by atoms with Crippen molar-refractivity contribution in [2.24, 2.45) is 0 Å². The van der Waals surface area contributed by atoms with Gasteiger partial charge in [0.15, 0.2) is 0 Å². The minimum Gasteiger partial charge on any atom is -0.480 e. The van der Waals surface area contributed by atoms with Crippen molar-refractivity contribution in [3.05, 3.63) is 0 Å². The average molecular weight is 232 g/mol. The molecule has 3 N–H and O–H groups in total. The number of carboxylic acid groups (broad SMARTS) is 1. The lowest BCUT2D eigenvalue weighted by Crippen LogP contribution is -2.41. The summed E-state index contributed by atoms with van der Waals surface area (Å²) in [5, 5.41) is 27.4. The second kappa shape index (κ2) is 7.09. The summed E-state index contributed by atoms with van der Waals surface area (Å²) in [6, 6.07) is 0.774. The molecule has 0 aromatic rings. The van der Waals surface area contributed by atoms with E-state index in [4.69, 9.17) is 15.5 Å². The van der Waals surface area contributed by atoms with Gasteiger partial charge in [-0.2, -0.15) is 5.26 Å². The van der Waals surface area contributed by atoms with E-state index < -0.39 is 23.2 Å². The first kappa shape index (κ1) is 13.7. The molecular formula is C8H12N2O4S. The molecule has 0 saturated carbocycles. The van der Waals surface area contributed by atoms with E-state index in [-0.39, 0.29) is 12.4 Å². The predicted octanol–water partition coefficient (Wildman–Crippen LogP) is -0.807. The van der Waals surface area contributed by atoms with Gasteiger partial charge in [-0.1, -0.05) is 0 Å². The number of nitriles is 1. The molecule has 15 heavy (non-hydrogen) atoms. The van der Waals surface area contributed by atoms with Crippen molar-refractivity contribution in [3.63, 3.8) is 0 Å². The zero-order valence-electron chi connectivity index (χ0n) is 8.14. The Kier molecular flexibility index (Phi) is 6.49. The molecule has 84 valence electrons. The molecule has 0 heterocycles. The van der Waals surface area contributed by atoms with E-state index >= 15 is 0 Å². The highest BCUT2D eigenvalue weighted by molar-refractivity contribution is 8.00. The molecule has 0 aliphatic heterocycles. The number of thioether (sulfide) groups is 1. The van der Waals surface area contributed by atoms with Crippen LogP contribution in [0.25, 0.3) is 0 Å². The fourth-order valence-corrected chi connectivity index (χ4v) is 1.59. The van der Waals surface area contributed by atoms with Crippen LogP contribution in [0.1, 0.15) is 6.92 Å². The Morgan fingerprint density at radius 3 is 2.53 bits per heavy atom. The fourth-order valence-electron chi connectivity index (χ4n) is 0.763. The normalized spacial score (nSPS) is 13.7. The van der Waals surface area contributed by atoms with E-state index in [1.807, 2.05) is 0 Å². The van der Waals surface area contributed by atoms with Gasteiger partial charge in [-0.25, -0.2) is 4.79 Å². The van der Waals surface area contributed by atoms with Crippen LogP contribution in [0, 0.1) is 11.3 Å². The van der Waals surface area contributed by atoms with Gasteiger partial charge in [0.05, 0.1) is 12.7 Å². The van der Waals surface area contributed by atoms with Crippen molar-refractivity contribution in [2.45, 2.75) is 18.2 Å². The van der Waals surface area contributed by atoms with Crippen LogP contribution < -0.4 is 5.32 Å². The lowest BCUT2D eigenvalue weighted by atomic mass is 10.3. The van der Waals surface area contributed by atoms with Gasteiger partial charge in [0.2, 0.25) is 5.91 Å². The van der Waals surface area contributed by atoms with Crippen LogP contribution in [0.4, 0.5) is 0 Å². The molecule has 0 aliphatic carbocycles. The van der Waals surface area contributed by atoms with Crippen LogP contribution in [0.5, 0.6) is 0 Å². The third kappa shape index (κ3) is 5.93. The number of carbonyl (C=O) groups is 2. The van der Waals surface area contributed by atoms with Crippen molar-refractivity contribution in [3.8, 4) is 6.07 Å². The van der Waals surface area contributed by atoms with Crippen molar-refractivity contribution in [2.75, 3.05) is 12.4 Å². The van der Waals surface area contributed by atoms with Gasteiger partial charge < -0.3 is 15.5 Å². The molecule has 0 aliphatic rings. The number of amides is 1. The van der Waals surface area contributed by atoms with Gasteiger partial charge in [0, 0.05) is 12.7 Å². The van der Waals surface area contributed by atoms with Crippen LogP contribution >= 0.6 is 11.8 Å². The largest absolute Gasteiger partial charge is 0.480 e. The second-order valence-electron chi connectivity index (χ2n) is 2.72. The lowest BCUT2D eigenvalue weighted by Gasteiger charge is -2.13. The van der Waals surface area contributed by atoms with Gasteiger partial charge >= 0.3 is 5.97 Å². The summed E-state index contributed by atoms with van der Waals surface area (Å²) in [4.78, 5) is 21.3. The molecule has 7 heteroatoms. The van der Waals surface area contributed by atoms with Crippen LogP contribution in [0.2, 0.25) is 0 Å². The molecule has 0 fully saturated rings. The Morgan fingerprint density at radius 2 is 2.20 bits per heavy atom. The summed E-state index contributed by atoms with van der Waals surface area (Å²) in [5.41, 5.74) is 0. The summed E-state index contributed by atoms with van der Waals surface area (Å²) >= 11 is 0.993. The third-order valence-corrected chi connectivity index (χ3v) is 2.63. The monoisotopic (exact) mass is 232 g/mol. The van der Waals surface area contributed by atoms with E-state index in [2.05, 4.69) is 5.32 Å². The molecule has 0 aromatic carbocycles. The number of aliphatic carboxylic acids is 1. The van der Waals surface area contributed by atoms with Crippen LogP contribution in [-0.2, 0) is 9.59 Å². The van der Waals surface area contributed by atoms with Crippen molar-refractivity contribution < 1.29 is 19.8 Å². The van der Waals surface area contributed by atoms with E-state index in [9.17, 15) is 9.59 Å². The first-order valence-corrected chi connectivity index (χ1v) is 5.18. The number of rotatable bonds is 6. The Bertz CT molecular complexity index is 276. The molecule has 0 unspecified atom stereocenters. The summed E-state index contributed by atoms with van der Waals surface area (Å²) in [6.45, 7) is 0.877. The number of aliphatic hydroxyl groups excluding tert-OH is 1. The molecule has 0 saturated heterocycles. The van der Waals surface area contributed by atoms with Crippen LogP contribution in [0.3, 0.4) is 0 Å². The summed E-state index contributed by atoms with van der Waals surface area (Å²) in [7, 11) is 0.